The van der Waals surface area contributed by atoms with E-state index in [9.17, 15) is 0 Å². The van der Waals surface area contributed by atoms with Gasteiger partial charge in [0.25, 0.3) is 0 Å². The molecular formula is C20H30N6. The van der Waals surface area contributed by atoms with E-state index in [1.165, 1.54) is 5.56 Å². The summed E-state index contributed by atoms with van der Waals surface area (Å²) in [6.07, 6.45) is 2.94. The van der Waals surface area contributed by atoms with Gasteiger partial charge in [-0.2, -0.15) is 4.98 Å². The van der Waals surface area contributed by atoms with Gasteiger partial charge >= 0.3 is 0 Å². The average Bonchev–Trinajstić information content (AvgIpc) is 2.67. The average molecular weight is 355 g/mol. The van der Waals surface area contributed by atoms with Gasteiger partial charge in [-0.15, -0.1) is 0 Å². The van der Waals surface area contributed by atoms with Crippen LogP contribution < -0.4 is 10.2 Å². The highest BCUT2D eigenvalue weighted by Gasteiger charge is 2.18. The van der Waals surface area contributed by atoms with E-state index in [1.54, 1.807) is 0 Å². The molecule has 0 atom stereocenters. The summed E-state index contributed by atoms with van der Waals surface area (Å²) in [5.41, 5.74) is 1.38. The molecule has 0 bridgehead atoms. The third-order valence-corrected chi connectivity index (χ3v) is 4.65. The van der Waals surface area contributed by atoms with Gasteiger partial charge in [-0.25, -0.2) is 4.98 Å². The standard InChI is InChI=1S/C20H30N6/c1-24(2)12-6-10-21-20-22-11-9-19(23-20)26-15-13-25(14-16-26)17-18-7-4-3-5-8-18/h3-5,7-9,11H,6,10,12-17H2,1-2H3,(H,21,22,23). The molecule has 6 heteroatoms. The van der Waals surface area contributed by atoms with Gasteiger partial charge in [-0.1, -0.05) is 30.3 Å². The van der Waals surface area contributed by atoms with E-state index in [0.29, 0.717) is 0 Å². The minimum Gasteiger partial charge on any atom is -0.354 e. The Balaban J connectivity index is 1.47. The first-order valence-electron chi connectivity index (χ1n) is 9.43. The lowest BCUT2D eigenvalue weighted by atomic mass is 10.2. The molecule has 1 aromatic heterocycles. The van der Waals surface area contributed by atoms with Gasteiger partial charge in [-0.3, -0.25) is 4.90 Å². The van der Waals surface area contributed by atoms with Gasteiger partial charge < -0.3 is 15.1 Å². The highest BCUT2D eigenvalue weighted by molar-refractivity contribution is 5.43. The third-order valence-electron chi connectivity index (χ3n) is 4.65. The molecule has 1 saturated heterocycles. The monoisotopic (exact) mass is 354 g/mol. The van der Waals surface area contributed by atoms with Crippen LogP contribution in [0.4, 0.5) is 11.8 Å². The fourth-order valence-electron chi connectivity index (χ4n) is 3.18. The van der Waals surface area contributed by atoms with Crippen LogP contribution >= 0.6 is 0 Å². The van der Waals surface area contributed by atoms with Crippen molar-refractivity contribution in [2.45, 2.75) is 13.0 Å². The van der Waals surface area contributed by atoms with Crippen LogP contribution in [-0.2, 0) is 6.54 Å². The van der Waals surface area contributed by atoms with Crippen LogP contribution in [0.3, 0.4) is 0 Å². The van der Waals surface area contributed by atoms with Crippen LogP contribution in [0.2, 0.25) is 0 Å². The maximum absolute atomic E-state index is 4.69. The van der Waals surface area contributed by atoms with Crippen molar-refractivity contribution in [3.05, 3.63) is 48.2 Å². The molecule has 1 aromatic carbocycles. The Morgan fingerprint density at radius 3 is 2.54 bits per heavy atom. The van der Waals surface area contributed by atoms with Crippen molar-refractivity contribution in [3.8, 4) is 0 Å². The number of hydrogen-bond acceptors (Lipinski definition) is 6. The summed E-state index contributed by atoms with van der Waals surface area (Å²) in [7, 11) is 4.18. The molecule has 1 aliphatic heterocycles. The Kier molecular flexibility index (Phi) is 6.80. The lowest BCUT2D eigenvalue weighted by Gasteiger charge is -2.35. The molecule has 2 aromatic rings. The Labute approximate surface area is 156 Å². The summed E-state index contributed by atoms with van der Waals surface area (Å²) >= 11 is 0. The number of hydrogen-bond donors (Lipinski definition) is 1. The molecule has 0 aliphatic carbocycles. The molecule has 6 nitrogen and oxygen atoms in total. The van der Waals surface area contributed by atoms with Crippen LogP contribution in [0.5, 0.6) is 0 Å². The molecule has 1 fully saturated rings. The summed E-state index contributed by atoms with van der Waals surface area (Å²) in [5, 5.41) is 3.33. The van der Waals surface area contributed by atoms with Crippen LogP contribution in [0.25, 0.3) is 0 Å². The fraction of sp³-hybridized carbons (Fsp3) is 0.500. The van der Waals surface area contributed by atoms with Gasteiger partial charge in [0, 0.05) is 45.5 Å². The molecule has 1 N–H and O–H groups in total. The first-order chi connectivity index (χ1) is 12.7. The first kappa shape index (κ1) is 18.6. The molecule has 0 unspecified atom stereocenters. The number of nitrogens with one attached hydrogen (secondary N) is 1. The first-order valence-corrected chi connectivity index (χ1v) is 9.43. The van der Waals surface area contributed by atoms with Crippen molar-refractivity contribution in [1.29, 1.82) is 0 Å². The van der Waals surface area contributed by atoms with Gasteiger partial charge in [0.15, 0.2) is 0 Å². The van der Waals surface area contributed by atoms with Crippen molar-refractivity contribution in [2.24, 2.45) is 0 Å². The SMILES string of the molecule is CN(C)CCCNc1nccc(N2CCN(Cc3ccccc3)CC2)n1. The smallest absolute Gasteiger partial charge is 0.224 e. The predicted octanol–water partition coefficient (Wildman–Crippen LogP) is 2.16. The number of rotatable bonds is 8. The van der Waals surface area contributed by atoms with E-state index in [0.717, 1.165) is 64.0 Å². The topological polar surface area (TPSA) is 47.5 Å². The van der Waals surface area contributed by atoms with E-state index in [1.807, 2.05) is 12.3 Å². The van der Waals surface area contributed by atoms with Crippen LogP contribution in [0.15, 0.2) is 42.6 Å². The second-order valence-electron chi connectivity index (χ2n) is 7.07. The zero-order valence-corrected chi connectivity index (χ0v) is 15.9. The van der Waals surface area contributed by atoms with E-state index in [-0.39, 0.29) is 0 Å². The van der Waals surface area contributed by atoms with Crippen molar-refractivity contribution < 1.29 is 0 Å². The lowest BCUT2D eigenvalue weighted by molar-refractivity contribution is 0.249. The summed E-state index contributed by atoms with van der Waals surface area (Å²) in [6, 6.07) is 12.7. The normalized spacial score (nSPS) is 15.4. The highest BCUT2D eigenvalue weighted by Crippen LogP contribution is 2.16. The Hall–Kier alpha value is -2.18. The predicted molar refractivity (Wildman–Crippen MR) is 108 cm³/mol. The summed E-state index contributed by atoms with van der Waals surface area (Å²) in [6.45, 7) is 7.11. The molecule has 140 valence electrons. The van der Waals surface area contributed by atoms with E-state index >= 15 is 0 Å². The second kappa shape index (κ2) is 9.50. The summed E-state index contributed by atoms with van der Waals surface area (Å²) in [4.78, 5) is 16.1. The third kappa shape index (κ3) is 5.68. The summed E-state index contributed by atoms with van der Waals surface area (Å²) < 4.78 is 0. The zero-order valence-electron chi connectivity index (χ0n) is 15.9. The van der Waals surface area contributed by atoms with Crippen molar-refractivity contribution in [3.63, 3.8) is 0 Å². The van der Waals surface area contributed by atoms with E-state index in [2.05, 4.69) is 69.4 Å². The molecule has 1 aliphatic rings. The van der Waals surface area contributed by atoms with Gasteiger partial charge in [0.2, 0.25) is 5.95 Å². The fourth-order valence-corrected chi connectivity index (χ4v) is 3.18. The number of nitrogens with zero attached hydrogens (tertiary/aromatic N) is 5. The molecule has 0 radical (unpaired) electrons. The molecule has 0 saturated carbocycles. The van der Waals surface area contributed by atoms with Crippen molar-refractivity contribution in [1.82, 2.24) is 19.8 Å². The Morgan fingerprint density at radius 2 is 1.81 bits per heavy atom. The second-order valence-corrected chi connectivity index (χ2v) is 7.07. The molecule has 0 spiro atoms. The molecular weight excluding hydrogens is 324 g/mol. The van der Waals surface area contributed by atoms with Gasteiger partial charge in [0.05, 0.1) is 0 Å². The Bertz CT molecular complexity index is 652. The maximum Gasteiger partial charge on any atom is 0.224 e. The molecule has 2 heterocycles. The number of benzene rings is 1. The van der Waals surface area contributed by atoms with Crippen LogP contribution in [0, 0.1) is 0 Å². The molecule has 3 rings (SSSR count). The molecule has 0 amide bonds. The van der Waals surface area contributed by atoms with Crippen molar-refractivity contribution >= 4 is 11.8 Å². The molecule has 26 heavy (non-hydrogen) atoms. The quantitative estimate of drug-likeness (QED) is 0.733. The lowest BCUT2D eigenvalue weighted by Crippen LogP contribution is -2.46. The number of aromatic nitrogens is 2. The minimum atomic E-state index is 0.730. The minimum absolute atomic E-state index is 0.730. The van der Waals surface area contributed by atoms with E-state index < -0.39 is 0 Å². The van der Waals surface area contributed by atoms with Crippen LogP contribution in [-0.4, -0.2) is 73.1 Å². The van der Waals surface area contributed by atoms with E-state index in [4.69, 9.17) is 4.98 Å². The van der Waals surface area contributed by atoms with Crippen molar-refractivity contribution in [2.75, 3.05) is 63.6 Å². The number of piperazine rings is 1. The zero-order chi connectivity index (χ0) is 18.2. The largest absolute Gasteiger partial charge is 0.354 e. The van der Waals surface area contributed by atoms with Gasteiger partial charge in [0.1, 0.15) is 5.82 Å². The summed E-state index contributed by atoms with van der Waals surface area (Å²) in [5.74, 6) is 1.75. The van der Waals surface area contributed by atoms with Gasteiger partial charge in [-0.05, 0) is 38.7 Å². The maximum atomic E-state index is 4.69. The highest BCUT2D eigenvalue weighted by atomic mass is 15.3. The van der Waals surface area contributed by atoms with Crippen LogP contribution in [0.1, 0.15) is 12.0 Å². The number of anilines is 2. The Morgan fingerprint density at radius 1 is 1.04 bits per heavy atom.